The van der Waals surface area contributed by atoms with Gasteiger partial charge in [-0.15, -0.1) is 0 Å². The number of nitrogens with zero attached hydrogens (tertiary/aromatic N) is 2. The van der Waals surface area contributed by atoms with Crippen LogP contribution in [0.1, 0.15) is 36.7 Å². The monoisotopic (exact) mass is 431 g/mol. The van der Waals surface area contributed by atoms with Gasteiger partial charge in [0.25, 0.3) is 11.5 Å². The number of fused-ring (bicyclic) bond motifs is 1. The van der Waals surface area contributed by atoms with Gasteiger partial charge in [-0.2, -0.15) is 4.68 Å². The van der Waals surface area contributed by atoms with E-state index in [9.17, 15) is 9.59 Å². The Bertz CT molecular complexity index is 1320. The highest BCUT2D eigenvalue weighted by Gasteiger charge is 2.17. The molecule has 1 heterocycles. The lowest BCUT2D eigenvalue weighted by molar-refractivity contribution is 0.101. The number of para-hydroxylation sites is 1. The maximum Gasteiger partial charge on any atom is 0.280 e. The minimum atomic E-state index is -0.394. The highest BCUT2D eigenvalue weighted by molar-refractivity contribution is 6.30. The van der Waals surface area contributed by atoms with Crippen molar-refractivity contribution in [3.8, 4) is 11.4 Å². The van der Waals surface area contributed by atoms with Crippen molar-refractivity contribution in [3.63, 3.8) is 0 Å². The molecule has 0 saturated carbocycles. The van der Waals surface area contributed by atoms with E-state index in [4.69, 9.17) is 11.6 Å². The lowest BCUT2D eigenvalue weighted by atomic mass is 9.87. The number of halogens is 1. The molecule has 31 heavy (non-hydrogen) atoms. The van der Waals surface area contributed by atoms with Crippen LogP contribution in [0.4, 0.5) is 0 Å². The van der Waals surface area contributed by atoms with E-state index in [1.54, 1.807) is 54.6 Å². The number of benzene rings is 3. The minimum Gasteiger partial charge on any atom is -0.267 e. The van der Waals surface area contributed by atoms with E-state index >= 15 is 0 Å². The highest BCUT2D eigenvalue weighted by atomic mass is 35.5. The van der Waals surface area contributed by atoms with Gasteiger partial charge in [-0.3, -0.25) is 15.0 Å². The summed E-state index contributed by atoms with van der Waals surface area (Å²) in [6, 6.07) is 21.4. The predicted octanol–water partition coefficient (Wildman–Crippen LogP) is 5.40. The molecule has 4 aromatic rings. The van der Waals surface area contributed by atoms with E-state index in [0.29, 0.717) is 32.9 Å². The summed E-state index contributed by atoms with van der Waals surface area (Å²) in [6.07, 6.45) is 0. The number of rotatable bonds is 3. The molecule has 1 N–H and O–H groups in total. The molecule has 0 radical (unpaired) electrons. The zero-order valence-corrected chi connectivity index (χ0v) is 18.3. The Morgan fingerprint density at radius 2 is 1.58 bits per heavy atom. The van der Waals surface area contributed by atoms with Gasteiger partial charge in [0.1, 0.15) is 0 Å². The van der Waals surface area contributed by atoms with Crippen molar-refractivity contribution in [2.45, 2.75) is 26.2 Å². The minimum absolute atomic E-state index is 0.0179. The van der Waals surface area contributed by atoms with Gasteiger partial charge in [0, 0.05) is 16.1 Å². The van der Waals surface area contributed by atoms with Crippen LogP contribution in [-0.4, -0.2) is 15.6 Å². The fourth-order valence-corrected chi connectivity index (χ4v) is 3.44. The van der Waals surface area contributed by atoms with Crippen molar-refractivity contribution in [2.24, 2.45) is 0 Å². The summed E-state index contributed by atoms with van der Waals surface area (Å²) in [5, 5.41) is 0.991. The number of carbonyl (C=O) groups excluding carboxylic acids is 1. The Balaban J connectivity index is 1.79. The van der Waals surface area contributed by atoms with E-state index in [1.165, 1.54) is 4.68 Å². The van der Waals surface area contributed by atoms with Gasteiger partial charge in [0.15, 0.2) is 5.82 Å². The summed E-state index contributed by atoms with van der Waals surface area (Å²) >= 11 is 6.02. The van der Waals surface area contributed by atoms with Crippen molar-refractivity contribution in [1.82, 2.24) is 9.66 Å². The average molecular weight is 432 g/mol. The van der Waals surface area contributed by atoms with Crippen LogP contribution in [-0.2, 0) is 5.41 Å². The molecule has 156 valence electrons. The molecule has 0 saturated heterocycles. The SMILES string of the molecule is CC(C)(C)c1ccc(C(=O)Nn2c(-c3ccc(Cl)cc3)nc3ccccc3c2=O)cc1. The normalized spacial score (nSPS) is 11.5. The van der Waals surface area contributed by atoms with E-state index in [-0.39, 0.29) is 11.0 Å². The second-order valence-electron chi connectivity index (χ2n) is 8.37. The summed E-state index contributed by atoms with van der Waals surface area (Å²) in [7, 11) is 0. The number of aromatic nitrogens is 2. The quantitative estimate of drug-likeness (QED) is 0.472. The van der Waals surface area contributed by atoms with Crippen molar-refractivity contribution >= 4 is 28.4 Å². The van der Waals surface area contributed by atoms with Crippen LogP contribution in [0.15, 0.2) is 77.6 Å². The Labute approximate surface area is 185 Å². The van der Waals surface area contributed by atoms with E-state index in [1.807, 2.05) is 18.2 Å². The highest BCUT2D eigenvalue weighted by Crippen LogP contribution is 2.23. The molecule has 5 nitrogen and oxygen atoms in total. The van der Waals surface area contributed by atoms with Gasteiger partial charge in [-0.25, -0.2) is 4.98 Å². The fraction of sp³-hybridized carbons (Fsp3) is 0.160. The van der Waals surface area contributed by atoms with Crippen LogP contribution in [0, 0.1) is 0 Å². The van der Waals surface area contributed by atoms with Crippen molar-refractivity contribution in [3.05, 3.63) is 99.3 Å². The van der Waals surface area contributed by atoms with Crippen LogP contribution < -0.4 is 11.0 Å². The molecule has 0 aliphatic rings. The molecular weight excluding hydrogens is 410 g/mol. The van der Waals surface area contributed by atoms with Crippen molar-refractivity contribution in [1.29, 1.82) is 0 Å². The number of carbonyl (C=O) groups is 1. The molecule has 0 fully saturated rings. The Morgan fingerprint density at radius 3 is 2.23 bits per heavy atom. The molecule has 3 aromatic carbocycles. The topological polar surface area (TPSA) is 64.0 Å². The molecule has 0 aliphatic heterocycles. The van der Waals surface area contributed by atoms with Crippen LogP contribution in [0.25, 0.3) is 22.3 Å². The zero-order chi connectivity index (χ0) is 22.2. The lowest BCUT2D eigenvalue weighted by Crippen LogP contribution is -2.35. The lowest BCUT2D eigenvalue weighted by Gasteiger charge is -2.19. The van der Waals surface area contributed by atoms with Crippen LogP contribution in [0.2, 0.25) is 5.02 Å². The molecule has 0 bridgehead atoms. The molecule has 0 spiro atoms. The number of hydrogen-bond acceptors (Lipinski definition) is 3. The smallest absolute Gasteiger partial charge is 0.267 e. The largest absolute Gasteiger partial charge is 0.280 e. The van der Waals surface area contributed by atoms with Crippen LogP contribution >= 0.6 is 11.6 Å². The first-order valence-electron chi connectivity index (χ1n) is 9.94. The van der Waals surface area contributed by atoms with E-state index in [0.717, 1.165) is 5.56 Å². The summed E-state index contributed by atoms with van der Waals surface area (Å²) < 4.78 is 1.20. The maximum atomic E-state index is 13.2. The summed E-state index contributed by atoms with van der Waals surface area (Å²) in [5.41, 5.74) is 5.15. The van der Waals surface area contributed by atoms with Gasteiger partial charge >= 0.3 is 0 Å². The Kier molecular flexibility index (Phi) is 5.38. The second kappa shape index (κ2) is 8.00. The molecule has 0 unspecified atom stereocenters. The van der Waals surface area contributed by atoms with Gasteiger partial charge in [-0.1, -0.05) is 56.6 Å². The molecule has 6 heteroatoms. The zero-order valence-electron chi connectivity index (χ0n) is 17.5. The van der Waals surface area contributed by atoms with Gasteiger partial charge < -0.3 is 0 Å². The second-order valence-corrected chi connectivity index (χ2v) is 8.80. The van der Waals surface area contributed by atoms with Crippen LogP contribution in [0.5, 0.6) is 0 Å². The molecule has 1 amide bonds. The summed E-state index contributed by atoms with van der Waals surface area (Å²) in [4.78, 5) is 30.8. The molecule has 0 aliphatic carbocycles. The van der Waals surface area contributed by atoms with E-state index < -0.39 is 5.91 Å². The first-order valence-corrected chi connectivity index (χ1v) is 10.3. The third-order valence-electron chi connectivity index (χ3n) is 5.10. The Hall–Kier alpha value is -3.44. The van der Waals surface area contributed by atoms with Gasteiger partial charge in [-0.05, 0) is 59.5 Å². The molecule has 4 rings (SSSR count). The summed E-state index contributed by atoms with van der Waals surface area (Å²) in [6.45, 7) is 6.34. The average Bonchev–Trinajstić information content (AvgIpc) is 2.75. The summed E-state index contributed by atoms with van der Waals surface area (Å²) in [5.74, 6) is -0.0603. The van der Waals surface area contributed by atoms with Gasteiger partial charge in [0.05, 0.1) is 10.9 Å². The van der Waals surface area contributed by atoms with Crippen molar-refractivity contribution in [2.75, 3.05) is 5.43 Å². The molecule has 1 aromatic heterocycles. The maximum absolute atomic E-state index is 13.2. The third-order valence-corrected chi connectivity index (χ3v) is 5.36. The first kappa shape index (κ1) is 20.8. The predicted molar refractivity (Wildman–Crippen MR) is 125 cm³/mol. The number of amides is 1. The van der Waals surface area contributed by atoms with Crippen molar-refractivity contribution < 1.29 is 4.79 Å². The van der Waals surface area contributed by atoms with Gasteiger partial charge in [0.2, 0.25) is 0 Å². The number of hydrogen-bond donors (Lipinski definition) is 1. The fourth-order valence-electron chi connectivity index (χ4n) is 3.32. The standard InChI is InChI=1S/C25H22ClN3O2/c1-25(2,3)18-12-8-17(9-13-18)23(30)28-29-22(16-10-14-19(26)15-11-16)27-21-7-5-4-6-20(21)24(29)31/h4-15H,1-3H3,(H,28,30). The molecular formula is C25H22ClN3O2. The van der Waals surface area contributed by atoms with E-state index in [2.05, 4.69) is 31.2 Å². The van der Waals surface area contributed by atoms with Crippen LogP contribution in [0.3, 0.4) is 0 Å². The Morgan fingerprint density at radius 1 is 0.935 bits per heavy atom. The third kappa shape index (κ3) is 4.23. The number of nitrogens with one attached hydrogen (secondary N) is 1. The first-order chi connectivity index (χ1) is 14.7. The molecule has 0 atom stereocenters.